The van der Waals surface area contributed by atoms with Crippen LogP contribution in [0.2, 0.25) is 0 Å². The first-order valence-electron chi connectivity index (χ1n) is 7.81. The third kappa shape index (κ3) is 2.94. The Morgan fingerprint density at radius 1 is 1.16 bits per heavy atom. The van der Waals surface area contributed by atoms with Crippen LogP contribution in [0.3, 0.4) is 0 Å². The van der Waals surface area contributed by atoms with Crippen molar-refractivity contribution in [3.8, 4) is 0 Å². The van der Waals surface area contributed by atoms with Gasteiger partial charge in [-0.05, 0) is 37.8 Å². The molecule has 2 heteroatoms. The van der Waals surface area contributed by atoms with Gasteiger partial charge >= 0.3 is 0 Å². The zero-order chi connectivity index (χ0) is 13.1. The van der Waals surface area contributed by atoms with E-state index in [2.05, 4.69) is 36.1 Å². The van der Waals surface area contributed by atoms with E-state index in [0.29, 0.717) is 12.1 Å². The Morgan fingerprint density at radius 2 is 1.95 bits per heavy atom. The molecule has 1 unspecified atom stereocenters. The second-order valence-electron chi connectivity index (χ2n) is 6.01. The van der Waals surface area contributed by atoms with Gasteiger partial charge in [-0.25, -0.2) is 0 Å². The molecule has 0 radical (unpaired) electrons. The molecule has 1 fully saturated rings. The van der Waals surface area contributed by atoms with Crippen LogP contribution in [0.4, 0.5) is 5.69 Å². The number of anilines is 1. The van der Waals surface area contributed by atoms with E-state index in [0.717, 1.165) is 13.2 Å². The summed E-state index contributed by atoms with van der Waals surface area (Å²) >= 11 is 0. The van der Waals surface area contributed by atoms with E-state index in [4.69, 9.17) is 4.74 Å². The summed E-state index contributed by atoms with van der Waals surface area (Å²) < 4.78 is 6.07. The lowest BCUT2D eigenvalue weighted by atomic mass is 9.98. The van der Waals surface area contributed by atoms with Gasteiger partial charge in [0.1, 0.15) is 0 Å². The van der Waals surface area contributed by atoms with E-state index < -0.39 is 0 Å². The number of ether oxygens (including phenoxy) is 1. The molecule has 1 aromatic carbocycles. The molecule has 19 heavy (non-hydrogen) atoms. The highest BCUT2D eigenvalue weighted by molar-refractivity contribution is 5.59. The number of nitrogens with zero attached hydrogens (tertiary/aromatic N) is 1. The average Bonchev–Trinajstić information content (AvgIpc) is 2.76. The van der Waals surface area contributed by atoms with Gasteiger partial charge in [0, 0.05) is 18.3 Å². The molecule has 0 spiro atoms. The van der Waals surface area contributed by atoms with Crippen molar-refractivity contribution in [3.05, 3.63) is 29.8 Å². The van der Waals surface area contributed by atoms with Crippen molar-refractivity contribution < 1.29 is 4.74 Å². The first kappa shape index (κ1) is 13.0. The van der Waals surface area contributed by atoms with Crippen LogP contribution < -0.4 is 4.90 Å². The minimum absolute atomic E-state index is 0.530. The normalized spacial score (nSPS) is 23.6. The molecular formula is C17H25NO. The van der Waals surface area contributed by atoms with Crippen LogP contribution in [0.5, 0.6) is 0 Å². The molecular weight excluding hydrogens is 234 g/mol. The van der Waals surface area contributed by atoms with Crippen molar-refractivity contribution in [2.24, 2.45) is 0 Å². The minimum Gasteiger partial charge on any atom is -0.376 e. The summed E-state index contributed by atoms with van der Waals surface area (Å²) in [6, 6.07) is 9.42. The van der Waals surface area contributed by atoms with Crippen molar-refractivity contribution in [1.82, 2.24) is 0 Å². The molecule has 1 heterocycles. The molecule has 1 aliphatic carbocycles. The van der Waals surface area contributed by atoms with Crippen molar-refractivity contribution >= 4 is 5.69 Å². The highest BCUT2D eigenvalue weighted by Gasteiger charge is 2.25. The zero-order valence-corrected chi connectivity index (χ0v) is 12.0. The van der Waals surface area contributed by atoms with E-state index in [1.54, 1.807) is 0 Å². The largest absolute Gasteiger partial charge is 0.376 e. The lowest BCUT2D eigenvalue weighted by Crippen LogP contribution is -2.33. The van der Waals surface area contributed by atoms with Crippen molar-refractivity contribution in [1.29, 1.82) is 0 Å². The monoisotopic (exact) mass is 259 g/mol. The van der Waals surface area contributed by atoms with E-state index >= 15 is 0 Å². The number of hydrogen-bond donors (Lipinski definition) is 0. The fourth-order valence-corrected chi connectivity index (χ4v) is 3.52. The van der Waals surface area contributed by atoms with Gasteiger partial charge in [-0.15, -0.1) is 0 Å². The van der Waals surface area contributed by atoms with Gasteiger partial charge in [-0.2, -0.15) is 0 Å². The van der Waals surface area contributed by atoms with Crippen LogP contribution in [-0.2, 0) is 11.2 Å². The quantitative estimate of drug-likeness (QED) is 0.815. The van der Waals surface area contributed by atoms with E-state index in [1.807, 2.05) is 0 Å². The Bertz CT molecular complexity index is 411. The number of benzene rings is 1. The number of fused-ring (bicyclic) bond motifs is 1. The predicted molar refractivity (Wildman–Crippen MR) is 79.8 cm³/mol. The van der Waals surface area contributed by atoms with Crippen molar-refractivity contribution in [3.63, 3.8) is 0 Å². The van der Waals surface area contributed by atoms with Crippen molar-refractivity contribution in [2.75, 3.05) is 18.1 Å². The molecule has 104 valence electrons. The summed E-state index contributed by atoms with van der Waals surface area (Å²) in [6.45, 7) is 4.23. The molecule has 3 rings (SSSR count). The SMILES string of the molecule is CC1Cc2ccccc2N1CCOC1CCCCC1. The van der Waals surface area contributed by atoms with Gasteiger partial charge in [0.05, 0.1) is 12.7 Å². The molecule has 1 aliphatic heterocycles. The summed E-state index contributed by atoms with van der Waals surface area (Å²) in [5.41, 5.74) is 2.91. The van der Waals surface area contributed by atoms with Crippen molar-refractivity contribution in [2.45, 2.75) is 57.6 Å². The predicted octanol–water partition coefficient (Wildman–Crippen LogP) is 3.79. The first-order valence-corrected chi connectivity index (χ1v) is 7.81. The topological polar surface area (TPSA) is 12.5 Å². The van der Waals surface area contributed by atoms with E-state index in [-0.39, 0.29) is 0 Å². The number of para-hydroxylation sites is 1. The Kier molecular flexibility index (Phi) is 4.07. The fraction of sp³-hybridized carbons (Fsp3) is 0.647. The van der Waals surface area contributed by atoms with E-state index in [9.17, 15) is 0 Å². The standard InChI is InChI=1S/C17H25NO/c1-14-13-15-7-5-6-10-17(15)18(14)11-12-19-16-8-3-2-4-9-16/h5-7,10,14,16H,2-4,8-9,11-13H2,1H3. The zero-order valence-electron chi connectivity index (χ0n) is 12.0. The summed E-state index contributed by atoms with van der Waals surface area (Å²) in [7, 11) is 0. The molecule has 2 nitrogen and oxygen atoms in total. The second kappa shape index (κ2) is 5.96. The Hall–Kier alpha value is -1.02. The Balaban J connectivity index is 1.52. The number of rotatable bonds is 4. The van der Waals surface area contributed by atoms with Crippen LogP contribution in [0.15, 0.2) is 24.3 Å². The third-order valence-corrected chi connectivity index (χ3v) is 4.59. The third-order valence-electron chi connectivity index (χ3n) is 4.59. The maximum atomic E-state index is 6.07. The maximum Gasteiger partial charge on any atom is 0.0645 e. The Morgan fingerprint density at radius 3 is 2.79 bits per heavy atom. The average molecular weight is 259 g/mol. The molecule has 1 aromatic rings. The Labute approximate surface area is 116 Å². The highest BCUT2D eigenvalue weighted by Crippen LogP contribution is 2.31. The summed E-state index contributed by atoms with van der Waals surface area (Å²) in [6.07, 6.45) is 8.36. The molecule has 0 N–H and O–H groups in total. The van der Waals surface area contributed by atoms with Crippen LogP contribution in [-0.4, -0.2) is 25.3 Å². The smallest absolute Gasteiger partial charge is 0.0645 e. The van der Waals surface area contributed by atoms with Gasteiger partial charge in [-0.1, -0.05) is 37.5 Å². The lowest BCUT2D eigenvalue weighted by Gasteiger charge is -2.27. The van der Waals surface area contributed by atoms with Crippen LogP contribution in [0, 0.1) is 0 Å². The summed E-state index contributed by atoms with van der Waals surface area (Å²) in [5.74, 6) is 0. The van der Waals surface area contributed by atoms with Crippen LogP contribution in [0.1, 0.15) is 44.6 Å². The molecule has 0 bridgehead atoms. The first-order chi connectivity index (χ1) is 9.34. The van der Waals surface area contributed by atoms with Gasteiger partial charge in [-0.3, -0.25) is 0 Å². The van der Waals surface area contributed by atoms with Gasteiger partial charge in [0.2, 0.25) is 0 Å². The molecule has 1 saturated carbocycles. The van der Waals surface area contributed by atoms with E-state index in [1.165, 1.54) is 49.8 Å². The minimum atomic E-state index is 0.530. The molecule has 1 atom stereocenters. The van der Waals surface area contributed by atoms with Gasteiger partial charge in [0.15, 0.2) is 0 Å². The lowest BCUT2D eigenvalue weighted by molar-refractivity contribution is 0.0323. The molecule has 0 amide bonds. The number of hydrogen-bond acceptors (Lipinski definition) is 2. The van der Waals surface area contributed by atoms with Crippen LogP contribution in [0.25, 0.3) is 0 Å². The molecule has 0 aromatic heterocycles. The summed E-state index contributed by atoms with van der Waals surface area (Å²) in [4.78, 5) is 2.51. The van der Waals surface area contributed by atoms with Gasteiger partial charge < -0.3 is 9.64 Å². The second-order valence-corrected chi connectivity index (χ2v) is 6.01. The van der Waals surface area contributed by atoms with Crippen LogP contribution >= 0.6 is 0 Å². The van der Waals surface area contributed by atoms with Gasteiger partial charge in [0.25, 0.3) is 0 Å². The molecule has 0 saturated heterocycles. The fourth-order valence-electron chi connectivity index (χ4n) is 3.52. The molecule has 2 aliphatic rings. The summed E-state index contributed by atoms with van der Waals surface area (Å²) in [5, 5.41) is 0. The highest BCUT2D eigenvalue weighted by atomic mass is 16.5. The maximum absolute atomic E-state index is 6.07.